The van der Waals surface area contributed by atoms with Gasteiger partial charge in [-0.25, -0.2) is 0 Å². The van der Waals surface area contributed by atoms with Crippen LogP contribution < -0.4 is 0 Å². The summed E-state index contributed by atoms with van der Waals surface area (Å²) in [7, 11) is 1.32. The third-order valence-electron chi connectivity index (χ3n) is 2.93. The highest BCUT2D eigenvalue weighted by atomic mass is 16.5. The maximum Gasteiger partial charge on any atom is 0.310 e. The second-order valence-corrected chi connectivity index (χ2v) is 4.32. The monoisotopic (exact) mass is 268 g/mol. The maximum absolute atomic E-state index is 12.0. The lowest BCUT2D eigenvalue weighted by Crippen LogP contribution is -2.32. The summed E-state index contributed by atoms with van der Waals surface area (Å²) < 4.78 is 9.84. The van der Waals surface area contributed by atoms with Crippen molar-refractivity contribution in [1.29, 1.82) is 0 Å². The third kappa shape index (κ3) is 6.22. The van der Waals surface area contributed by atoms with Crippen LogP contribution >= 0.6 is 0 Å². The largest absolute Gasteiger partial charge is 0.469 e. The Bertz CT molecular complexity index is 309. The van der Waals surface area contributed by atoms with Crippen LogP contribution in [0, 0.1) is 11.8 Å². The Morgan fingerprint density at radius 3 is 2.32 bits per heavy atom. The molecule has 0 aliphatic heterocycles. The molecule has 0 N–H and O–H groups in total. The number of rotatable bonds is 10. The first-order valence-corrected chi connectivity index (χ1v) is 6.58. The fourth-order valence-corrected chi connectivity index (χ4v) is 1.91. The zero-order valence-electron chi connectivity index (χ0n) is 11.9. The fourth-order valence-electron chi connectivity index (χ4n) is 1.91. The van der Waals surface area contributed by atoms with Crippen molar-refractivity contribution in [2.75, 3.05) is 13.7 Å². The van der Waals surface area contributed by atoms with Crippen molar-refractivity contribution in [3.8, 4) is 0 Å². The molecule has 0 amide bonds. The van der Waals surface area contributed by atoms with E-state index in [0.29, 0.717) is 12.8 Å². The number of ether oxygens (including phenoxy) is 2. The van der Waals surface area contributed by atoms with Gasteiger partial charge in [0.1, 0.15) is 6.61 Å². The van der Waals surface area contributed by atoms with Crippen LogP contribution in [0.3, 0.4) is 0 Å². The average molecular weight is 268 g/mol. The molecule has 0 saturated heterocycles. The van der Waals surface area contributed by atoms with E-state index in [9.17, 15) is 9.59 Å². The molecule has 0 aliphatic carbocycles. The Morgan fingerprint density at radius 1 is 1.16 bits per heavy atom. The van der Waals surface area contributed by atoms with E-state index in [1.165, 1.54) is 13.2 Å². The summed E-state index contributed by atoms with van der Waals surface area (Å²) in [5.41, 5.74) is 0. The molecule has 2 unspecified atom stereocenters. The van der Waals surface area contributed by atoms with Crippen molar-refractivity contribution in [2.24, 2.45) is 11.8 Å². The Kier molecular flexibility index (Phi) is 9.49. The van der Waals surface area contributed by atoms with Gasteiger partial charge < -0.3 is 9.47 Å². The van der Waals surface area contributed by atoms with Crippen molar-refractivity contribution in [1.82, 2.24) is 0 Å². The van der Waals surface area contributed by atoms with Gasteiger partial charge in [0.05, 0.1) is 18.9 Å². The summed E-state index contributed by atoms with van der Waals surface area (Å²) in [6, 6.07) is 0. The van der Waals surface area contributed by atoms with Gasteiger partial charge in [0.2, 0.25) is 0 Å². The smallest absolute Gasteiger partial charge is 0.310 e. The Balaban J connectivity index is 4.92. The molecule has 0 radical (unpaired) electrons. The highest BCUT2D eigenvalue weighted by Crippen LogP contribution is 2.25. The lowest BCUT2D eigenvalue weighted by molar-refractivity contribution is -0.158. The van der Waals surface area contributed by atoms with E-state index in [1.54, 1.807) is 6.08 Å². The lowest BCUT2D eigenvalue weighted by Gasteiger charge is -2.22. The molecule has 0 aromatic heterocycles. The number of esters is 2. The minimum atomic E-state index is -0.522. The quantitative estimate of drug-likeness (QED) is 0.451. The molecule has 2 atom stereocenters. The van der Waals surface area contributed by atoms with E-state index in [-0.39, 0.29) is 12.6 Å². The van der Waals surface area contributed by atoms with Gasteiger partial charge in [0.25, 0.3) is 0 Å². The number of carbonyl (C=O) groups excluding carboxylic acids is 2. The van der Waals surface area contributed by atoms with Gasteiger partial charge in [0, 0.05) is 0 Å². The zero-order chi connectivity index (χ0) is 14.7. The van der Waals surface area contributed by atoms with Gasteiger partial charge in [-0.3, -0.25) is 9.59 Å². The summed E-state index contributed by atoms with van der Waals surface area (Å²) in [5.74, 6) is -1.76. The standard InChI is InChI=1S/C15H24O4/c1-5-8-10-13(15(17)19-11-7-3)12(9-6-2)14(16)18-4/h6-7,12-13H,2-3,5,8-11H2,1,4H3. The van der Waals surface area contributed by atoms with Crippen molar-refractivity contribution in [2.45, 2.75) is 32.6 Å². The first kappa shape index (κ1) is 17.4. The molecule has 0 rings (SSSR count). The number of allylic oxidation sites excluding steroid dienone is 1. The van der Waals surface area contributed by atoms with Crippen LogP contribution in [0.2, 0.25) is 0 Å². The SMILES string of the molecule is C=CCOC(=O)C(CCCC)C(CC=C)C(=O)OC. The molecule has 0 aromatic rings. The Labute approximate surface area is 115 Å². The van der Waals surface area contributed by atoms with Gasteiger partial charge in [-0.1, -0.05) is 38.5 Å². The second kappa shape index (κ2) is 10.4. The minimum Gasteiger partial charge on any atom is -0.469 e. The molecular weight excluding hydrogens is 244 g/mol. The van der Waals surface area contributed by atoms with Crippen LogP contribution in [0.1, 0.15) is 32.6 Å². The predicted molar refractivity (Wildman–Crippen MR) is 74.5 cm³/mol. The minimum absolute atomic E-state index is 0.156. The van der Waals surface area contributed by atoms with Crippen molar-refractivity contribution in [3.05, 3.63) is 25.3 Å². The second-order valence-electron chi connectivity index (χ2n) is 4.32. The van der Waals surface area contributed by atoms with E-state index in [1.807, 2.05) is 6.92 Å². The molecule has 0 saturated carbocycles. The van der Waals surface area contributed by atoms with Crippen LogP contribution in [0.5, 0.6) is 0 Å². The summed E-state index contributed by atoms with van der Waals surface area (Å²) in [6.45, 7) is 9.32. The van der Waals surface area contributed by atoms with E-state index in [2.05, 4.69) is 13.2 Å². The predicted octanol–water partition coefficient (Wildman–Crippen LogP) is 2.89. The molecule has 4 heteroatoms. The van der Waals surface area contributed by atoms with Crippen LogP contribution in [-0.2, 0) is 19.1 Å². The van der Waals surface area contributed by atoms with Crippen LogP contribution in [-0.4, -0.2) is 25.7 Å². The van der Waals surface area contributed by atoms with Crippen LogP contribution in [0.4, 0.5) is 0 Å². The van der Waals surface area contributed by atoms with Gasteiger partial charge in [0.15, 0.2) is 0 Å². The molecular formula is C15H24O4. The number of unbranched alkanes of at least 4 members (excludes halogenated alkanes) is 1. The van der Waals surface area contributed by atoms with E-state index in [0.717, 1.165) is 12.8 Å². The molecule has 0 spiro atoms. The van der Waals surface area contributed by atoms with Gasteiger partial charge >= 0.3 is 11.9 Å². The van der Waals surface area contributed by atoms with Crippen molar-refractivity contribution in [3.63, 3.8) is 0 Å². The van der Waals surface area contributed by atoms with Gasteiger partial charge in [-0.15, -0.1) is 6.58 Å². The van der Waals surface area contributed by atoms with Gasteiger partial charge in [-0.05, 0) is 12.8 Å². The Hall–Kier alpha value is -1.58. The third-order valence-corrected chi connectivity index (χ3v) is 2.93. The lowest BCUT2D eigenvalue weighted by atomic mass is 9.85. The molecule has 0 aliphatic rings. The molecule has 0 bridgehead atoms. The molecule has 0 fully saturated rings. The van der Waals surface area contributed by atoms with Crippen molar-refractivity contribution >= 4 is 11.9 Å². The van der Waals surface area contributed by atoms with Crippen molar-refractivity contribution < 1.29 is 19.1 Å². The maximum atomic E-state index is 12.0. The summed E-state index contributed by atoms with van der Waals surface area (Å²) in [6.07, 6.45) is 5.97. The fraction of sp³-hybridized carbons (Fsp3) is 0.600. The number of carbonyl (C=O) groups is 2. The highest BCUT2D eigenvalue weighted by molar-refractivity contribution is 5.82. The topological polar surface area (TPSA) is 52.6 Å². The molecule has 0 heterocycles. The van der Waals surface area contributed by atoms with E-state index >= 15 is 0 Å². The molecule has 4 nitrogen and oxygen atoms in total. The first-order chi connectivity index (χ1) is 9.12. The van der Waals surface area contributed by atoms with Gasteiger partial charge in [-0.2, -0.15) is 0 Å². The zero-order valence-corrected chi connectivity index (χ0v) is 11.9. The highest BCUT2D eigenvalue weighted by Gasteiger charge is 2.34. The molecule has 19 heavy (non-hydrogen) atoms. The normalized spacial score (nSPS) is 13.2. The number of hydrogen-bond donors (Lipinski definition) is 0. The summed E-state index contributed by atoms with van der Waals surface area (Å²) in [5, 5.41) is 0. The Morgan fingerprint density at radius 2 is 1.84 bits per heavy atom. The molecule has 108 valence electrons. The van der Waals surface area contributed by atoms with E-state index in [4.69, 9.17) is 9.47 Å². The molecule has 0 aromatic carbocycles. The van der Waals surface area contributed by atoms with Crippen LogP contribution in [0.15, 0.2) is 25.3 Å². The number of hydrogen-bond acceptors (Lipinski definition) is 4. The van der Waals surface area contributed by atoms with E-state index < -0.39 is 17.8 Å². The summed E-state index contributed by atoms with van der Waals surface area (Å²) in [4.78, 5) is 23.8. The first-order valence-electron chi connectivity index (χ1n) is 6.58. The average Bonchev–Trinajstić information content (AvgIpc) is 2.43. The summed E-state index contributed by atoms with van der Waals surface area (Å²) >= 11 is 0. The number of methoxy groups -OCH3 is 1. The van der Waals surface area contributed by atoms with Crippen LogP contribution in [0.25, 0.3) is 0 Å².